The summed E-state index contributed by atoms with van der Waals surface area (Å²) in [4.78, 5) is 23.0. The first-order valence-corrected chi connectivity index (χ1v) is 13.7. The van der Waals surface area contributed by atoms with Gasteiger partial charge in [-0.25, -0.2) is 11.4 Å². The predicted octanol–water partition coefficient (Wildman–Crippen LogP) is 3.38. The number of carbonyl (C=O) groups excluding carboxylic acids is 1. The van der Waals surface area contributed by atoms with Gasteiger partial charge < -0.3 is 20.9 Å². The van der Waals surface area contributed by atoms with Gasteiger partial charge in [0.2, 0.25) is 5.91 Å². The first-order valence-electron chi connectivity index (χ1n) is 13.1. The van der Waals surface area contributed by atoms with Crippen molar-refractivity contribution in [2.45, 2.75) is 38.1 Å². The van der Waals surface area contributed by atoms with E-state index in [-0.39, 0.29) is 5.91 Å². The third kappa shape index (κ3) is 9.64. The minimum atomic E-state index is -0.874. The number of nitrogens with zero attached hydrogens (tertiary/aromatic N) is 1. The van der Waals surface area contributed by atoms with E-state index in [1.54, 1.807) is 0 Å². The molecule has 3 aromatic rings. The molecule has 0 bridgehead atoms. The molecule has 10 nitrogen and oxygen atoms in total. The Bertz CT molecular complexity index is 1250. The number of carboxylic acids is 1. The molecule has 212 valence electrons. The number of carbonyl (C=O) groups is 2. The molecular weight excluding hydrogens is 527 g/mol. The number of amidine groups is 1. The second-order valence-electron chi connectivity index (χ2n) is 9.16. The molecule has 0 saturated heterocycles. The number of amides is 1. The number of hydrogen-bond acceptors (Lipinski definition) is 7. The number of unbranched alkanes of at least 4 members (excludes halogenated alkanes) is 1. The molecule has 3 rings (SSSR count). The van der Waals surface area contributed by atoms with E-state index in [1.807, 2.05) is 48.5 Å². The molecule has 0 aromatic heterocycles. The van der Waals surface area contributed by atoms with Crippen LogP contribution in [-0.2, 0) is 9.59 Å². The lowest BCUT2D eigenvalue weighted by molar-refractivity contribution is -0.139. The highest BCUT2D eigenvalue weighted by molar-refractivity contribution is 7.13. The molecule has 1 unspecified atom stereocenters. The number of ether oxygens (including phenoxy) is 1. The number of carboxylic acid groups (broad SMARTS) is 1. The molecule has 8 N–H and O–H groups in total. The van der Waals surface area contributed by atoms with E-state index < -0.39 is 12.0 Å². The standard InChI is InChI=1S/C29H37N6O4P/c30-28(33-35-31)24-12-10-22(11-13-24)20-6-8-21(9-7-20)23-14-16-25(17-15-23)39-19-3-5-27(36)32-18-2-1-4-26(34-40)29(37)38/h6-17,26,34-35H,1-5,18-19,31,40H2,(H2,30,33)(H,32,36)(H,37,38)/t26-/m0/s1. The summed E-state index contributed by atoms with van der Waals surface area (Å²) in [5.74, 6) is 5.35. The third-order valence-corrected chi connectivity index (χ3v) is 6.73. The molecule has 0 spiro atoms. The van der Waals surface area contributed by atoms with Gasteiger partial charge in [0.25, 0.3) is 0 Å². The van der Waals surface area contributed by atoms with Crippen molar-refractivity contribution in [3.8, 4) is 28.0 Å². The summed E-state index contributed by atoms with van der Waals surface area (Å²) in [6.45, 7) is 0.982. The van der Waals surface area contributed by atoms with Crippen molar-refractivity contribution in [2.75, 3.05) is 13.2 Å². The van der Waals surface area contributed by atoms with Crippen LogP contribution in [0, 0.1) is 0 Å². The minimum Gasteiger partial charge on any atom is -0.494 e. The summed E-state index contributed by atoms with van der Waals surface area (Å²) in [6.07, 6.45) is 2.96. The van der Waals surface area contributed by atoms with Gasteiger partial charge >= 0.3 is 5.97 Å². The Hall–Kier alpha value is -3.98. The van der Waals surface area contributed by atoms with Crippen molar-refractivity contribution in [1.82, 2.24) is 15.9 Å². The zero-order chi connectivity index (χ0) is 28.7. The van der Waals surface area contributed by atoms with Crippen molar-refractivity contribution in [2.24, 2.45) is 16.7 Å². The SMILES string of the molecule is NN/N=C(\N)c1ccc(-c2ccc(-c3ccc(OCCCC(=O)NCCCC[C@H](NP)C(=O)O)cc3)cc2)cc1. The van der Waals surface area contributed by atoms with E-state index in [4.69, 9.17) is 21.4 Å². The molecule has 1 amide bonds. The van der Waals surface area contributed by atoms with Gasteiger partial charge in [-0.1, -0.05) is 70.1 Å². The number of nitrogens with two attached hydrogens (primary N) is 2. The van der Waals surface area contributed by atoms with Crippen LogP contribution in [0.25, 0.3) is 22.3 Å². The number of nitrogens with one attached hydrogen (secondary N) is 3. The predicted molar refractivity (Wildman–Crippen MR) is 161 cm³/mol. The molecule has 0 aliphatic rings. The van der Waals surface area contributed by atoms with E-state index in [2.05, 4.69) is 54.7 Å². The Morgan fingerprint density at radius 2 is 1.43 bits per heavy atom. The molecule has 0 saturated carbocycles. The van der Waals surface area contributed by atoms with Gasteiger partial charge in [0.15, 0.2) is 5.84 Å². The first kappa shape index (κ1) is 30.6. The maximum Gasteiger partial charge on any atom is 0.320 e. The summed E-state index contributed by atoms with van der Waals surface area (Å²) in [5.41, 5.74) is 13.2. The molecular formula is C29H37N6O4P. The van der Waals surface area contributed by atoms with Crippen molar-refractivity contribution in [3.05, 3.63) is 78.4 Å². The highest BCUT2D eigenvalue weighted by atomic mass is 31.0. The van der Waals surface area contributed by atoms with Crippen LogP contribution < -0.4 is 32.3 Å². The van der Waals surface area contributed by atoms with Crippen molar-refractivity contribution < 1.29 is 19.4 Å². The second-order valence-corrected chi connectivity index (χ2v) is 9.49. The monoisotopic (exact) mass is 564 g/mol. The van der Waals surface area contributed by atoms with Gasteiger partial charge in [-0.3, -0.25) is 14.7 Å². The molecule has 40 heavy (non-hydrogen) atoms. The Morgan fingerprint density at radius 3 is 1.95 bits per heavy atom. The number of hydrazine groups is 1. The van der Waals surface area contributed by atoms with Gasteiger partial charge in [-0.05, 0) is 60.1 Å². The van der Waals surface area contributed by atoms with E-state index in [9.17, 15) is 9.59 Å². The van der Waals surface area contributed by atoms with E-state index in [0.29, 0.717) is 38.2 Å². The molecule has 0 aliphatic carbocycles. The summed E-state index contributed by atoms with van der Waals surface area (Å²) in [7, 11) is 2.23. The Kier molecular flexibility index (Phi) is 12.4. The van der Waals surface area contributed by atoms with Crippen LogP contribution in [0.3, 0.4) is 0 Å². The fraction of sp³-hybridized carbons (Fsp3) is 0.276. The molecule has 0 radical (unpaired) electrons. The molecule has 2 atom stereocenters. The number of benzene rings is 3. The molecule has 3 aromatic carbocycles. The fourth-order valence-electron chi connectivity index (χ4n) is 4.06. The zero-order valence-electron chi connectivity index (χ0n) is 22.3. The number of rotatable bonds is 16. The average molecular weight is 565 g/mol. The highest BCUT2D eigenvalue weighted by Crippen LogP contribution is 2.26. The molecule has 0 fully saturated rings. The van der Waals surface area contributed by atoms with Crippen LogP contribution in [0.2, 0.25) is 0 Å². The van der Waals surface area contributed by atoms with Gasteiger partial charge in [0.05, 0.1) is 6.61 Å². The quantitative estimate of drug-likeness (QED) is 0.0385. The summed E-state index contributed by atoms with van der Waals surface area (Å²) < 4.78 is 5.80. The minimum absolute atomic E-state index is 0.0285. The van der Waals surface area contributed by atoms with Crippen molar-refractivity contribution >= 4 is 27.1 Å². The van der Waals surface area contributed by atoms with Crippen LogP contribution in [-0.4, -0.2) is 42.0 Å². The van der Waals surface area contributed by atoms with E-state index in [1.165, 1.54) is 0 Å². The Labute approximate surface area is 236 Å². The molecule has 11 heteroatoms. The van der Waals surface area contributed by atoms with E-state index >= 15 is 0 Å². The van der Waals surface area contributed by atoms with Gasteiger partial charge in [-0.2, -0.15) is 0 Å². The molecule has 0 heterocycles. The van der Waals surface area contributed by atoms with Crippen molar-refractivity contribution in [1.29, 1.82) is 0 Å². The van der Waals surface area contributed by atoms with E-state index in [0.717, 1.165) is 46.4 Å². The maximum absolute atomic E-state index is 12.0. The smallest absolute Gasteiger partial charge is 0.320 e. The van der Waals surface area contributed by atoms with Crippen LogP contribution in [0.5, 0.6) is 5.75 Å². The normalized spacial score (nSPS) is 12.0. The molecule has 0 aliphatic heterocycles. The largest absolute Gasteiger partial charge is 0.494 e. The lowest BCUT2D eigenvalue weighted by atomic mass is 9.99. The number of hydrazone groups is 1. The third-order valence-electron chi connectivity index (χ3n) is 6.33. The highest BCUT2D eigenvalue weighted by Gasteiger charge is 2.13. The summed E-state index contributed by atoms with van der Waals surface area (Å²) >= 11 is 0. The van der Waals surface area contributed by atoms with Crippen LogP contribution in [0.15, 0.2) is 77.9 Å². The van der Waals surface area contributed by atoms with Crippen LogP contribution in [0.1, 0.15) is 37.7 Å². The number of aliphatic carboxylic acids is 1. The average Bonchev–Trinajstić information content (AvgIpc) is 2.97. The fourth-order valence-corrected chi connectivity index (χ4v) is 4.37. The lowest BCUT2D eigenvalue weighted by Crippen LogP contribution is -2.30. The van der Waals surface area contributed by atoms with Crippen molar-refractivity contribution in [3.63, 3.8) is 0 Å². The second kappa shape index (κ2) is 16.2. The first-order chi connectivity index (χ1) is 19.4. The zero-order valence-corrected chi connectivity index (χ0v) is 23.5. The Balaban J connectivity index is 1.38. The summed E-state index contributed by atoms with van der Waals surface area (Å²) in [5, 5.41) is 18.3. The maximum atomic E-state index is 12.0. The lowest BCUT2D eigenvalue weighted by Gasteiger charge is -2.11. The Morgan fingerprint density at radius 1 is 0.875 bits per heavy atom. The van der Waals surface area contributed by atoms with Crippen LogP contribution >= 0.6 is 9.39 Å². The van der Waals surface area contributed by atoms with Gasteiger partial charge in [0, 0.05) is 18.5 Å². The number of hydrogen-bond donors (Lipinski definition) is 6. The van der Waals surface area contributed by atoms with Gasteiger partial charge in [-0.15, -0.1) is 5.10 Å². The topological polar surface area (TPSA) is 164 Å². The van der Waals surface area contributed by atoms with Crippen LogP contribution in [0.4, 0.5) is 0 Å². The summed E-state index contributed by atoms with van der Waals surface area (Å²) in [6, 6.07) is 23.4. The van der Waals surface area contributed by atoms with Gasteiger partial charge in [0.1, 0.15) is 11.8 Å².